The number of halogens is 1. The highest BCUT2D eigenvalue weighted by molar-refractivity contribution is 5.65. The fourth-order valence-corrected chi connectivity index (χ4v) is 1.37. The van der Waals surface area contributed by atoms with Gasteiger partial charge in [0.25, 0.3) is 0 Å². The van der Waals surface area contributed by atoms with Gasteiger partial charge in [-0.1, -0.05) is 0 Å². The Morgan fingerprint density at radius 1 is 1.31 bits per heavy atom. The van der Waals surface area contributed by atoms with E-state index in [2.05, 4.69) is 10.2 Å². The second kappa shape index (κ2) is 4.76. The molecule has 0 unspecified atom stereocenters. The summed E-state index contributed by atoms with van der Waals surface area (Å²) >= 11 is 0. The zero-order valence-electron chi connectivity index (χ0n) is 8.61. The lowest BCUT2D eigenvalue weighted by molar-refractivity contribution is 0.330. The van der Waals surface area contributed by atoms with Crippen molar-refractivity contribution in [3.63, 3.8) is 0 Å². The number of H-pyrrole nitrogens is 1. The Kier molecular flexibility index (Phi) is 3.16. The molecule has 2 rings (SSSR count). The van der Waals surface area contributed by atoms with Gasteiger partial charge < -0.3 is 10.5 Å². The SMILES string of the molecule is NCCOc1c[nH]nc1-c1ccc(F)cc1. The van der Waals surface area contributed by atoms with Crippen LogP contribution in [0.5, 0.6) is 5.75 Å². The van der Waals surface area contributed by atoms with Gasteiger partial charge in [-0.2, -0.15) is 5.10 Å². The predicted molar refractivity (Wildman–Crippen MR) is 58.5 cm³/mol. The minimum absolute atomic E-state index is 0.274. The van der Waals surface area contributed by atoms with Crippen molar-refractivity contribution in [3.8, 4) is 17.0 Å². The molecule has 0 aliphatic carbocycles. The molecule has 3 N–H and O–H groups in total. The number of aromatic amines is 1. The number of benzene rings is 1. The molecular formula is C11H12FN3O. The summed E-state index contributed by atoms with van der Waals surface area (Å²) in [7, 11) is 0. The third-order valence-electron chi connectivity index (χ3n) is 2.10. The van der Waals surface area contributed by atoms with Crippen LogP contribution in [0.1, 0.15) is 0 Å². The summed E-state index contributed by atoms with van der Waals surface area (Å²) in [6.45, 7) is 0.863. The van der Waals surface area contributed by atoms with Gasteiger partial charge in [0.1, 0.15) is 18.1 Å². The first-order chi connectivity index (χ1) is 7.81. The van der Waals surface area contributed by atoms with E-state index in [1.165, 1.54) is 12.1 Å². The Labute approximate surface area is 92.2 Å². The largest absolute Gasteiger partial charge is 0.488 e. The monoisotopic (exact) mass is 221 g/mol. The zero-order valence-corrected chi connectivity index (χ0v) is 8.61. The van der Waals surface area contributed by atoms with Gasteiger partial charge in [0.05, 0.1) is 6.20 Å². The molecule has 0 amide bonds. The second-order valence-corrected chi connectivity index (χ2v) is 3.24. The predicted octanol–water partition coefficient (Wildman–Crippen LogP) is 1.55. The Balaban J connectivity index is 2.26. The molecule has 1 aromatic carbocycles. The van der Waals surface area contributed by atoms with Gasteiger partial charge in [0.15, 0.2) is 5.75 Å². The minimum atomic E-state index is -0.274. The smallest absolute Gasteiger partial charge is 0.164 e. The van der Waals surface area contributed by atoms with E-state index >= 15 is 0 Å². The van der Waals surface area contributed by atoms with E-state index in [1.807, 2.05) is 0 Å². The van der Waals surface area contributed by atoms with Gasteiger partial charge in [0, 0.05) is 12.1 Å². The molecule has 1 heterocycles. The fourth-order valence-electron chi connectivity index (χ4n) is 1.37. The quantitative estimate of drug-likeness (QED) is 0.823. The van der Waals surface area contributed by atoms with Crippen molar-refractivity contribution in [1.29, 1.82) is 0 Å². The van der Waals surface area contributed by atoms with Crippen molar-refractivity contribution in [3.05, 3.63) is 36.3 Å². The van der Waals surface area contributed by atoms with E-state index in [4.69, 9.17) is 10.5 Å². The maximum Gasteiger partial charge on any atom is 0.164 e. The zero-order chi connectivity index (χ0) is 11.4. The van der Waals surface area contributed by atoms with Crippen LogP contribution < -0.4 is 10.5 Å². The highest BCUT2D eigenvalue weighted by atomic mass is 19.1. The Morgan fingerprint density at radius 2 is 2.06 bits per heavy atom. The number of hydrogen-bond acceptors (Lipinski definition) is 3. The molecule has 0 aliphatic heterocycles. The molecule has 2 aromatic rings. The van der Waals surface area contributed by atoms with Gasteiger partial charge >= 0.3 is 0 Å². The van der Waals surface area contributed by atoms with Crippen LogP contribution in [0.3, 0.4) is 0 Å². The standard InChI is InChI=1S/C11H12FN3O/c12-9-3-1-8(2-4-9)11-10(7-14-15-11)16-6-5-13/h1-4,7H,5-6,13H2,(H,14,15). The Hall–Kier alpha value is -1.88. The lowest BCUT2D eigenvalue weighted by Gasteiger charge is -2.04. The first kappa shape index (κ1) is 10.6. The molecule has 84 valence electrons. The van der Waals surface area contributed by atoms with Gasteiger partial charge in [-0.3, -0.25) is 5.10 Å². The van der Waals surface area contributed by atoms with Crippen LogP contribution in [0.15, 0.2) is 30.5 Å². The number of hydrogen-bond donors (Lipinski definition) is 2. The number of nitrogens with two attached hydrogens (primary N) is 1. The number of nitrogens with zero attached hydrogens (tertiary/aromatic N) is 1. The Bertz CT molecular complexity index is 453. The lowest BCUT2D eigenvalue weighted by atomic mass is 10.1. The maximum atomic E-state index is 12.8. The molecule has 4 nitrogen and oxygen atoms in total. The van der Waals surface area contributed by atoms with E-state index in [-0.39, 0.29) is 5.82 Å². The summed E-state index contributed by atoms with van der Waals surface area (Å²) in [4.78, 5) is 0. The number of nitrogens with one attached hydrogen (secondary N) is 1. The van der Waals surface area contributed by atoms with Crippen LogP contribution in [-0.4, -0.2) is 23.3 Å². The molecule has 0 aliphatic rings. The van der Waals surface area contributed by atoms with Crippen molar-refractivity contribution in [1.82, 2.24) is 10.2 Å². The van der Waals surface area contributed by atoms with Gasteiger partial charge in [-0.05, 0) is 24.3 Å². The number of ether oxygens (including phenoxy) is 1. The molecule has 1 aromatic heterocycles. The summed E-state index contributed by atoms with van der Waals surface area (Å²) in [5, 5.41) is 6.77. The molecule has 0 radical (unpaired) electrons. The highest BCUT2D eigenvalue weighted by Gasteiger charge is 2.09. The molecular weight excluding hydrogens is 209 g/mol. The average molecular weight is 221 g/mol. The molecule has 0 bridgehead atoms. The normalized spacial score (nSPS) is 10.4. The first-order valence-electron chi connectivity index (χ1n) is 4.94. The van der Waals surface area contributed by atoms with Gasteiger partial charge in [0.2, 0.25) is 0 Å². The molecule has 0 saturated heterocycles. The lowest BCUT2D eigenvalue weighted by Crippen LogP contribution is -2.10. The Morgan fingerprint density at radius 3 is 2.75 bits per heavy atom. The summed E-state index contributed by atoms with van der Waals surface area (Å²) in [6, 6.07) is 6.08. The van der Waals surface area contributed by atoms with Crippen molar-refractivity contribution in [2.75, 3.05) is 13.2 Å². The van der Waals surface area contributed by atoms with E-state index in [9.17, 15) is 4.39 Å². The van der Waals surface area contributed by atoms with Crippen molar-refractivity contribution in [2.24, 2.45) is 5.73 Å². The van der Waals surface area contributed by atoms with E-state index in [1.54, 1.807) is 18.3 Å². The van der Waals surface area contributed by atoms with Crippen LogP contribution in [0, 0.1) is 5.82 Å². The molecule has 5 heteroatoms. The topological polar surface area (TPSA) is 63.9 Å². The van der Waals surface area contributed by atoms with Crippen LogP contribution in [-0.2, 0) is 0 Å². The fraction of sp³-hybridized carbons (Fsp3) is 0.182. The van der Waals surface area contributed by atoms with E-state index < -0.39 is 0 Å². The third kappa shape index (κ3) is 2.20. The maximum absolute atomic E-state index is 12.8. The first-order valence-corrected chi connectivity index (χ1v) is 4.94. The summed E-state index contributed by atoms with van der Waals surface area (Å²) < 4.78 is 18.2. The van der Waals surface area contributed by atoms with E-state index in [0.29, 0.717) is 24.6 Å². The summed E-state index contributed by atoms with van der Waals surface area (Å²) in [5.41, 5.74) is 6.81. The van der Waals surface area contributed by atoms with Crippen molar-refractivity contribution >= 4 is 0 Å². The third-order valence-corrected chi connectivity index (χ3v) is 2.10. The number of rotatable bonds is 4. The van der Waals surface area contributed by atoms with Crippen LogP contribution in [0.4, 0.5) is 4.39 Å². The summed E-state index contributed by atoms with van der Waals surface area (Å²) in [5.74, 6) is 0.348. The van der Waals surface area contributed by atoms with Crippen molar-refractivity contribution in [2.45, 2.75) is 0 Å². The molecule has 16 heavy (non-hydrogen) atoms. The van der Waals surface area contributed by atoms with Crippen LogP contribution in [0.25, 0.3) is 11.3 Å². The second-order valence-electron chi connectivity index (χ2n) is 3.24. The minimum Gasteiger partial charge on any atom is -0.488 e. The molecule has 0 spiro atoms. The number of aromatic nitrogens is 2. The molecule has 0 fully saturated rings. The molecule has 0 saturated carbocycles. The van der Waals surface area contributed by atoms with Crippen LogP contribution >= 0.6 is 0 Å². The van der Waals surface area contributed by atoms with Gasteiger partial charge in [-0.25, -0.2) is 4.39 Å². The summed E-state index contributed by atoms with van der Waals surface area (Å²) in [6.07, 6.45) is 1.65. The van der Waals surface area contributed by atoms with E-state index in [0.717, 1.165) is 5.56 Å². The van der Waals surface area contributed by atoms with Crippen molar-refractivity contribution < 1.29 is 9.13 Å². The van der Waals surface area contributed by atoms with Crippen LogP contribution in [0.2, 0.25) is 0 Å². The van der Waals surface area contributed by atoms with Gasteiger partial charge in [-0.15, -0.1) is 0 Å². The average Bonchev–Trinajstić information content (AvgIpc) is 2.75. The molecule has 0 atom stereocenters. The highest BCUT2D eigenvalue weighted by Crippen LogP contribution is 2.27.